The second-order valence-electron chi connectivity index (χ2n) is 6.67. The zero-order chi connectivity index (χ0) is 15.1. The highest BCUT2D eigenvalue weighted by Gasteiger charge is 2.42. The summed E-state index contributed by atoms with van der Waals surface area (Å²) in [6.45, 7) is 9.29. The maximum atomic E-state index is 2.69. The van der Waals surface area contributed by atoms with Crippen molar-refractivity contribution in [3.05, 3.63) is 70.8 Å². The van der Waals surface area contributed by atoms with Crippen molar-refractivity contribution in [2.45, 2.75) is 25.9 Å². The van der Waals surface area contributed by atoms with Gasteiger partial charge in [0.25, 0.3) is 0 Å². The van der Waals surface area contributed by atoms with Crippen LogP contribution in [0.25, 0.3) is 0 Å². The van der Waals surface area contributed by atoms with Gasteiger partial charge in [-0.25, -0.2) is 0 Å². The SMILES string of the molecule is Cc1ccccc1[C@H]1[C@H](c2ccccc2C)N2CCN1CC2. The Kier molecular flexibility index (Phi) is 3.51. The first-order chi connectivity index (χ1) is 10.8. The summed E-state index contributed by atoms with van der Waals surface area (Å²) < 4.78 is 0. The first-order valence-electron chi connectivity index (χ1n) is 8.35. The van der Waals surface area contributed by atoms with Gasteiger partial charge in [0.1, 0.15) is 0 Å². The first-order valence-corrected chi connectivity index (χ1v) is 8.35. The van der Waals surface area contributed by atoms with Crippen molar-refractivity contribution in [3.63, 3.8) is 0 Å². The molecule has 0 radical (unpaired) electrons. The van der Waals surface area contributed by atoms with Crippen LogP contribution < -0.4 is 0 Å². The third kappa shape index (κ3) is 2.18. The largest absolute Gasteiger partial charge is 0.292 e. The fourth-order valence-corrected chi connectivity index (χ4v) is 4.26. The van der Waals surface area contributed by atoms with Crippen LogP contribution in [0.1, 0.15) is 34.3 Å². The Morgan fingerprint density at radius 3 is 1.36 bits per heavy atom. The van der Waals surface area contributed by atoms with Crippen LogP contribution in [0.3, 0.4) is 0 Å². The van der Waals surface area contributed by atoms with Crippen molar-refractivity contribution in [2.24, 2.45) is 0 Å². The molecule has 0 aromatic heterocycles. The van der Waals surface area contributed by atoms with E-state index in [0.717, 1.165) is 0 Å². The summed E-state index contributed by atoms with van der Waals surface area (Å²) in [5.74, 6) is 0. The Morgan fingerprint density at radius 1 is 0.636 bits per heavy atom. The van der Waals surface area contributed by atoms with Gasteiger partial charge in [0.2, 0.25) is 0 Å². The summed E-state index contributed by atoms with van der Waals surface area (Å²) in [6.07, 6.45) is 0. The lowest BCUT2D eigenvalue weighted by Crippen LogP contribution is -2.58. The Morgan fingerprint density at radius 2 is 1.00 bits per heavy atom. The molecule has 114 valence electrons. The normalized spacial score (nSPS) is 30.5. The Labute approximate surface area is 133 Å². The van der Waals surface area contributed by atoms with E-state index in [1.165, 1.54) is 48.4 Å². The van der Waals surface area contributed by atoms with Crippen LogP contribution in [0.5, 0.6) is 0 Å². The Bertz CT molecular complexity index is 611. The molecule has 2 nitrogen and oxygen atoms in total. The van der Waals surface area contributed by atoms with Crippen LogP contribution in [-0.2, 0) is 0 Å². The van der Waals surface area contributed by atoms with Crippen molar-refractivity contribution in [1.82, 2.24) is 9.80 Å². The van der Waals surface area contributed by atoms with Crippen molar-refractivity contribution in [2.75, 3.05) is 26.2 Å². The summed E-state index contributed by atoms with van der Waals surface area (Å²) in [7, 11) is 0. The second-order valence-corrected chi connectivity index (χ2v) is 6.67. The number of fused-ring (bicyclic) bond motifs is 3. The Balaban J connectivity index is 1.83. The molecule has 5 rings (SSSR count). The zero-order valence-corrected chi connectivity index (χ0v) is 13.5. The number of hydrogen-bond donors (Lipinski definition) is 0. The topological polar surface area (TPSA) is 6.48 Å². The molecule has 2 aromatic rings. The monoisotopic (exact) mass is 292 g/mol. The van der Waals surface area contributed by atoms with E-state index in [2.05, 4.69) is 72.2 Å². The number of hydrogen-bond acceptors (Lipinski definition) is 2. The highest BCUT2D eigenvalue weighted by Crippen LogP contribution is 2.45. The van der Waals surface area contributed by atoms with Crippen LogP contribution in [0.2, 0.25) is 0 Å². The fraction of sp³-hybridized carbons (Fsp3) is 0.400. The highest BCUT2D eigenvalue weighted by atomic mass is 15.4. The van der Waals surface area contributed by atoms with Gasteiger partial charge in [-0.05, 0) is 36.1 Å². The van der Waals surface area contributed by atoms with Crippen LogP contribution in [0.15, 0.2) is 48.5 Å². The van der Waals surface area contributed by atoms with E-state index in [9.17, 15) is 0 Å². The van der Waals surface area contributed by atoms with Crippen molar-refractivity contribution >= 4 is 0 Å². The standard InChI is InChI=1S/C20H24N2/c1-15-7-3-5-9-17(15)19-20(18-10-6-4-8-16(18)2)22-13-11-21(19)12-14-22/h3-10,19-20H,11-14H2,1-2H3/t19-,20-/m0/s1. The van der Waals surface area contributed by atoms with Crippen molar-refractivity contribution in [1.29, 1.82) is 0 Å². The molecular formula is C20H24N2. The van der Waals surface area contributed by atoms with Gasteiger partial charge in [-0.15, -0.1) is 0 Å². The quantitative estimate of drug-likeness (QED) is 0.832. The lowest BCUT2D eigenvalue weighted by molar-refractivity contribution is -0.0410. The molecule has 0 unspecified atom stereocenters. The number of rotatable bonds is 2. The maximum Gasteiger partial charge on any atom is 0.0549 e. The molecule has 2 heteroatoms. The van der Waals surface area contributed by atoms with Crippen LogP contribution in [0.4, 0.5) is 0 Å². The molecule has 3 fully saturated rings. The smallest absolute Gasteiger partial charge is 0.0549 e. The number of benzene rings is 2. The molecule has 0 aliphatic carbocycles. The van der Waals surface area contributed by atoms with Crippen LogP contribution in [-0.4, -0.2) is 36.0 Å². The number of nitrogens with zero attached hydrogens (tertiary/aromatic N) is 2. The predicted molar refractivity (Wildman–Crippen MR) is 91.0 cm³/mol. The van der Waals surface area contributed by atoms with E-state index in [0.29, 0.717) is 12.1 Å². The van der Waals surface area contributed by atoms with Crippen LogP contribution in [0, 0.1) is 13.8 Å². The van der Waals surface area contributed by atoms with Crippen molar-refractivity contribution in [3.8, 4) is 0 Å². The molecule has 0 saturated carbocycles. The molecule has 3 heterocycles. The molecule has 2 atom stereocenters. The molecule has 3 saturated heterocycles. The minimum atomic E-state index is 0.491. The third-order valence-electron chi connectivity index (χ3n) is 5.45. The van der Waals surface area contributed by atoms with Gasteiger partial charge in [-0.3, -0.25) is 9.80 Å². The molecule has 2 bridgehead atoms. The van der Waals surface area contributed by atoms with Gasteiger partial charge in [-0.2, -0.15) is 0 Å². The number of piperazine rings is 3. The summed E-state index contributed by atoms with van der Waals surface area (Å²) >= 11 is 0. The molecule has 2 aromatic carbocycles. The Hall–Kier alpha value is -1.64. The van der Waals surface area contributed by atoms with E-state index in [1.807, 2.05) is 0 Å². The van der Waals surface area contributed by atoms with E-state index >= 15 is 0 Å². The summed E-state index contributed by atoms with van der Waals surface area (Å²) in [5, 5.41) is 0. The second kappa shape index (κ2) is 5.53. The molecule has 0 amide bonds. The molecular weight excluding hydrogens is 268 g/mol. The van der Waals surface area contributed by atoms with Crippen LogP contribution >= 0.6 is 0 Å². The minimum Gasteiger partial charge on any atom is -0.292 e. The van der Waals surface area contributed by atoms with Gasteiger partial charge >= 0.3 is 0 Å². The average molecular weight is 292 g/mol. The van der Waals surface area contributed by atoms with Gasteiger partial charge in [0.05, 0.1) is 12.1 Å². The van der Waals surface area contributed by atoms with E-state index < -0.39 is 0 Å². The zero-order valence-electron chi connectivity index (χ0n) is 13.5. The molecule has 22 heavy (non-hydrogen) atoms. The predicted octanol–water partition coefficient (Wildman–Crippen LogP) is 3.72. The lowest BCUT2D eigenvalue weighted by atomic mass is 9.83. The highest BCUT2D eigenvalue weighted by molar-refractivity contribution is 5.37. The minimum absolute atomic E-state index is 0.491. The molecule has 3 aliphatic rings. The third-order valence-corrected chi connectivity index (χ3v) is 5.45. The molecule has 0 spiro atoms. The average Bonchev–Trinajstić information content (AvgIpc) is 2.56. The maximum absolute atomic E-state index is 2.69. The van der Waals surface area contributed by atoms with E-state index in [-0.39, 0.29) is 0 Å². The van der Waals surface area contributed by atoms with E-state index in [4.69, 9.17) is 0 Å². The summed E-state index contributed by atoms with van der Waals surface area (Å²) in [5.41, 5.74) is 5.83. The van der Waals surface area contributed by atoms with E-state index in [1.54, 1.807) is 0 Å². The fourth-order valence-electron chi connectivity index (χ4n) is 4.26. The van der Waals surface area contributed by atoms with Gasteiger partial charge in [0.15, 0.2) is 0 Å². The number of aryl methyl sites for hydroxylation is 2. The summed E-state index contributed by atoms with van der Waals surface area (Å²) in [4.78, 5) is 5.39. The van der Waals surface area contributed by atoms with Gasteiger partial charge < -0.3 is 0 Å². The van der Waals surface area contributed by atoms with Crippen molar-refractivity contribution < 1.29 is 0 Å². The van der Waals surface area contributed by atoms with Gasteiger partial charge in [0, 0.05) is 26.2 Å². The molecule has 3 aliphatic heterocycles. The lowest BCUT2D eigenvalue weighted by Gasteiger charge is -2.54. The van der Waals surface area contributed by atoms with Gasteiger partial charge in [-0.1, -0.05) is 48.5 Å². The molecule has 0 N–H and O–H groups in total. The summed E-state index contributed by atoms with van der Waals surface area (Å²) in [6, 6.07) is 18.8. The first kappa shape index (κ1) is 14.0.